The molecule has 0 aliphatic rings. The zero-order valence-corrected chi connectivity index (χ0v) is 12.7. The summed E-state index contributed by atoms with van der Waals surface area (Å²) in [5, 5.41) is 2.93. The minimum Gasteiger partial charge on any atom is -0.384 e. The maximum Gasteiger partial charge on any atom is 0.451 e. The Hall–Kier alpha value is -1.53. The van der Waals surface area contributed by atoms with Gasteiger partial charge in [0.2, 0.25) is 5.82 Å². The Morgan fingerprint density at radius 2 is 1.86 bits per heavy atom. The molecule has 0 aliphatic carbocycles. The molecule has 1 aromatic heterocycles. The fraction of sp³-hybridized carbons (Fsp3) is 0.714. The van der Waals surface area contributed by atoms with Crippen LogP contribution in [-0.2, 0) is 6.18 Å². The number of nitrogens with two attached hydrogens (primary N) is 1. The van der Waals surface area contributed by atoms with Gasteiger partial charge in [-0.3, -0.25) is 0 Å². The molecule has 4 nitrogen and oxygen atoms in total. The standard InChI is InChI=1S/C14H23F3N4/c1-4-5-6-7-13(2,3)9-19-11-8-10(18)20-12(21-11)14(15,16)17/h8H,4-7,9H2,1-3H3,(H3,18,19,20,21). The molecule has 0 saturated heterocycles. The summed E-state index contributed by atoms with van der Waals surface area (Å²) in [7, 11) is 0. The largest absolute Gasteiger partial charge is 0.451 e. The number of nitrogen functional groups attached to an aromatic ring is 1. The van der Waals surface area contributed by atoms with Crippen LogP contribution in [0.5, 0.6) is 0 Å². The van der Waals surface area contributed by atoms with E-state index in [2.05, 4.69) is 36.1 Å². The van der Waals surface area contributed by atoms with Crippen molar-refractivity contribution in [1.82, 2.24) is 9.97 Å². The molecule has 0 atom stereocenters. The Balaban J connectivity index is 2.69. The first-order valence-electron chi connectivity index (χ1n) is 7.10. The van der Waals surface area contributed by atoms with E-state index >= 15 is 0 Å². The topological polar surface area (TPSA) is 63.8 Å². The van der Waals surface area contributed by atoms with Crippen molar-refractivity contribution in [3.05, 3.63) is 11.9 Å². The number of aromatic nitrogens is 2. The van der Waals surface area contributed by atoms with Gasteiger partial charge in [0.15, 0.2) is 0 Å². The van der Waals surface area contributed by atoms with Crippen molar-refractivity contribution in [2.45, 2.75) is 52.6 Å². The van der Waals surface area contributed by atoms with Gasteiger partial charge in [-0.2, -0.15) is 13.2 Å². The van der Waals surface area contributed by atoms with Crippen molar-refractivity contribution >= 4 is 11.6 Å². The minimum atomic E-state index is -4.59. The Bertz CT molecular complexity index is 458. The summed E-state index contributed by atoms with van der Waals surface area (Å²) in [6.07, 6.45) is -0.198. The maximum atomic E-state index is 12.6. The van der Waals surface area contributed by atoms with Gasteiger partial charge < -0.3 is 11.1 Å². The molecule has 0 aliphatic heterocycles. The molecule has 0 radical (unpaired) electrons. The highest BCUT2D eigenvalue weighted by atomic mass is 19.4. The van der Waals surface area contributed by atoms with Gasteiger partial charge in [-0.15, -0.1) is 0 Å². The van der Waals surface area contributed by atoms with Crippen LogP contribution in [0.4, 0.5) is 24.8 Å². The lowest BCUT2D eigenvalue weighted by molar-refractivity contribution is -0.144. The molecule has 21 heavy (non-hydrogen) atoms. The SMILES string of the molecule is CCCCCC(C)(C)CNc1cc(N)nc(C(F)(F)F)n1. The summed E-state index contributed by atoms with van der Waals surface area (Å²) in [5.74, 6) is -1.30. The van der Waals surface area contributed by atoms with E-state index in [9.17, 15) is 13.2 Å². The molecule has 0 amide bonds. The first-order valence-corrected chi connectivity index (χ1v) is 7.10. The van der Waals surface area contributed by atoms with E-state index in [0.717, 1.165) is 25.7 Å². The third-order valence-corrected chi connectivity index (χ3v) is 3.20. The van der Waals surface area contributed by atoms with Crippen molar-refractivity contribution in [2.24, 2.45) is 5.41 Å². The first-order chi connectivity index (χ1) is 9.64. The van der Waals surface area contributed by atoms with Gasteiger partial charge in [-0.25, -0.2) is 9.97 Å². The van der Waals surface area contributed by atoms with Crippen LogP contribution in [-0.4, -0.2) is 16.5 Å². The van der Waals surface area contributed by atoms with E-state index < -0.39 is 12.0 Å². The molecule has 0 bridgehead atoms. The minimum absolute atomic E-state index is 0.0206. The summed E-state index contributed by atoms with van der Waals surface area (Å²) in [6, 6.07) is 1.32. The van der Waals surface area contributed by atoms with Crippen molar-refractivity contribution < 1.29 is 13.2 Å². The lowest BCUT2D eigenvalue weighted by Crippen LogP contribution is -2.24. The van der Waals surface area contributed by atoms with E-state index in [1.165, 1.54) is 6.07 Å². The number of halogens is 3. The second-order valence-corrected chi connectivity index (χ2v) is 5.97. The molecule has 7 heteroatoms. The highest BCUT2D eigenvalue weighted by Crippen LogP contribution is 2.28. The van der Waals surface area contributed by atoms with Crippen LogP contribution in [0.3, 0.4) is 0 Å². The number of hydrogen-bond donors (Lipinski definition) is 2. The van der Waals surface area contributed by atoms with Gasteiger partial charge in [-0.1, -0.05) is 40.0 Å². The second kappa shape index (κ2) is 6.95. The van der Waals surface area contributed by atoms with Crippen molar-refractivity contribution in [2.75, 3.05) is 17.6 Å². The lowest BCUT2D eigenvalue weighted by atomic mass is 9.87. The zero-order valence-electron chi connectivity index (χ0n) is 12.7. The van der Waals surface area contributed by atoms with Crippen LogP contribution in [0.15, 0.2) is 6.07 Å². The fourth-order valence-electron chi connectivity index (χ4n) is 1.96. The lowest BCUT2D eigenvalue weighted by Gasteiger charge is -2.25. The summed E-state index contributed by atoms with van der Waals surface area (Å²) in [6.45, 7) is 6.81. The quantitative estimate of drug-likeness (QED) is 0.745. The highest BCUT2D eigenvalue weighted by molar-refractivity contribution is 5.45. The molecule has 0 saturated carbocycles. The molecule has 1 heterocycles. The second-order valence-electron chi connectivity index (χ2n) is 5.97. The third kappa shape index (κ3) is 6.18. The molecular weight excluding hydrogens is 281 g/mol. The number of alkyl halides is 3. The molecule has 1 aromatic rings. The van der Waals surface area contributed by atoms with Crippen molar-refractivity contribution in [3.8, 4) is 0 Å². The Kier molecular flexibility index (Phi) is 5.80. The predicted octanol–water partition coefficient (Wildman–Crippen LogP) is 4.10. The van der Waals surface area contributed by atoms with E-state index in [4.69, 9.17) is 5.73 Å². The number of unbranched alkanes of at least 4 members (excludes halogenated alkanes) is 2. The van der Waals surface area contributed by atoms with Crippen LogP contribution in [0, 0.1) is 5.41 Å². The smallest absolute Gasteiger partial charge is 0.384 e. The van der Waals surface area contributed by atoms with Gasteiger partial charge in [0, 0.05) is 12.6 Å². The number of nitrogens with one attached hydrogen (secondary N) is 1. The van der Waals surface area contributed by atoms with Crippen LogP contribution < -0.4 is 11.1 Å². The molecule has 120 valence electrons. The highest BCUT2D eigenvalue weighted by Gasteiger charge is 2.35. The average Bonchev–Trinajstić information content (AvgIpc) is 2.35. The number of nitrogens with zero attached hydrogens (tertiary/aromatic N) is 2. The molecule has 0 unspecified atom stereocenters. The molecular formula is C14H23F3N4. The summed E-state index contributed by atoms with van der Waals surface area (Å²) in [4.78, 5) is 6.69. The number of rotatable bonds is 7. The predicted molar refractivity (Wildman–Crippen MR) is 77.9 cm³/mol. The van der Waals surface area contributed by atoms with E-state index in [1.54, 1.807) is 0 Å². The Morgan fingerprint density at radius 1 is 1.19 bits per heavy atom. The van der Waals surface area contributed by atoms with E-state index in [0.29, 0.717) is 6.54 Å². The van der Waals surface area contributed by atoms with Crippen molar-refractivity contribution in [3.63, 3.8) is 0 Å². The molecule has 1 rings (SSSR count). The van der Waals surface area contributed by atoms with Crippen LogP contribution >= 0.6 is 0 Å². The maximum absolute atomic E-state index is 12.6. The number of hydrogen-bond acceptors (Lipinski definition) is 4. The molecule has 0 aromatic carbocycles. The van der Waals surface area contributed by atoms with E-state index in [-0.39, 0.29) is 17.1 Å². The first kappa shape index (κ1) is 17.5. The molecule has 0 spiro atoms. The fourth-order valence-corrected chi connectivity index (χ4v) is 1.96. The van der Waals surface area contributed by atoms with Crippen LogP contribution in [0.2, 0.25) is 0 Å². The van der Waals surface area contributed by atoms with Crippen LogP contribution in [0.25, 0.3) is 0 Å². The average molecular weight is 304 g/mol. The Morgan fingerprint density at radius 3 is 2.43 bits per heavy atom. The summed E-state index contributed by atoms with van der Waals surface area (Å²) in [5.41, 5.74) is 5.38. The third-order valence-electron chi connectivity index (χ3n) is 3.20. The number of anilines is 2. The van der Waals surface area contributed by atoms with Gasteiger partial charge >= 0.3 is 6.18 Å². The summed E-state index contributed by atoms with van der Waals surface area (Å²) < 4.78 is 37.9. The summed E-state index contributed by atoms with van der Waals surface area (Å²) >= 11 is 0. The zero-order chi connectivity index (χ0) is 16.1. The van der Waals surface area contributed by atoms with Gasteiger partial charge in [0.1, 0.15) is 11.6 Å². The van der Waals surface area contributed by atoms with Gasteiger partial charge in [0.25, 0.3) is 0 Å². The molecule has 0 fully saturated rings. The van der Waals surface area contributed by atoms with Gasteiger partial charge in [0.05, 0.1) is 0 Å². The molecule has 3 N–H and O–H groups in total. The van der Waals surface area contributed by atoms with Crippen molar-refractivity contribution in [1.29, 1.82) is 0 Å². The van der Waals surface area contributed by atoms with Gasteiger partial charge in [-0.05, 0) is 11.8 Å². The van der Waals surface area contributed by atoms with E-state index in [1.807, 2.05) is 0 Å². The monoisotopic (exact) mass is 304 g/mol. The Labute approximate surface area is 123 Å². The van der Waals surface area contributed by atoms with Crippen LogP contribution in [0.1, 0.15) is 52.3 Å². The normalized spacial score (nSPS) is 12.5.